The number of amides is 1. The number of para-hydroxylation sites is 2. The third kappa shape index (κ3) is 2.76. The molecule has 0 saturated heterocycles. The van der Waals surface area contributed by atoms with Gasteiger partial charge in [0.25, 0.3) is 0 Å². The molecule has 0 radical (unpaired) electrons. The minimum Gasteiger partial charge on any atom is -0.488 e. The number of likely N-dealkylation sites (N-methyl/N-ethyl adjacent to an activating group) is 1. The predicted octanol–water partition coefficient (Wildman–Crippen LogP) is 3.76. The lowest BCUT2D eigenvalue weighted by Gasteiger charge is -2.21. The number of nitrogens with zero attached hydrogens (tertiary/aromatic N) is 3. The third-order valence-corrected chi connectivity index (χ3v) is 4.63. The molecule has 1 aliphatic heterocycles. The van der Waals surface area contributed by atoms with E-state index in [1.165, 1.54) is 0 Å². The van der Waals surface area contributed by atoms with Crippen molar-refractivity contribution in [3.8, 4) is 17.0 Å². The molecule has 0 spiro atoms. The Kier molecular flexibility index (Phi) is 3.93. The van der Waals surface area contributed by atoms with E-state index in [9.17, 15) is 4.79 Å². The molecule has 0 bridgehead atoms. The number of fused-ring (bicyclic) bond motifs is 3. The van der Waals surface area contributed by atoms with Gasteiger partial charge in [-0.2, -0.15) is 5.10 Å². The number of halogens is 1. The number of hydrogen-bond donors (Lipinski definition) is 0. The van der Waals surface area contributed by atoms with E-state index >= 15 is 0 Å². The highest BCUT2D eigenvalue weighted by molar-refractivity contribution is 6.33. The first-order valence-corrected chi connectivity index (χ1v) is 8.31. The molecule has 0 aliphatic carbocycles. The zero-order valence-corrected chi connectivity index (χ0v) is 14.4. The summed E-state index contributed by atoms with van der Waals surface area (Å²) in [6.45, 7) is 0.590. The molecule has 1 aromatic heterocycles. The van der Waals surface area contributed by atoms with Crippen LogP contribution in [0.5, 0.6) is 5.75 Å². The van der Waals surface area contributed by atoms with Crippen molar-refractivity contribution in [2.24, 2.45) is 0 Å². The Morgan fingerprint density at radius 1 is 1.24 bits per heavy atom. The first kappa shape index (κ1) is 15.7. The van der Waals surface area contributed by atoms with Crippen LogP contribution in [0.25, 0.3) is 11.3 Å². The fourth-order valence-electron chi connectivity index (χ4n) is 3.00. The van der Waals surface area contributed by atoms with Gasteiger partial charge in [0.2, 0.25) is 5.91 Å². The van der Waals surface area contributed by atoms with Gasteiger partial charge in [-0.3, -0.25) is 9.48 Å². The van der Waals surface area contributed by atoms with Crippen LogP contribution in [0.1, 0.15) is 5.56 Å². The van der Waals surface area contributed by atoms with Gasteiger partial charge < -0.3 is 9.64 Å². The number of carbonyl (C=O) groups excluding carboxylic acids is 1. The van der Waals surface area contributed by atoms with Gasteiger partial charge in [-0.15, -0.1) is 0 Å². The van der Waals surface area contributed by atoms with Crippen molar-refractivity contribution in [3.05, 3.63) is 65.3 Å². The Balaban J connectivity index is 1.64. The molecule has 0 fully saturated rings. The van der Waals surface area contributed by atoms with Crippen molar-refractivity contribution in [3.63, 3.8) is 0 Å². The van der Waals surface area contributed by atoms with Gasteiger partial charge in [0.05, 0.1) is 22.6 Å². The number of anilines is 1. The van der Waals surface area contributed by atoms with Crippen molar-refractivity contribution in [1.82, 2.24) is 9.78 Å². The molecule has 126 valence electrons. The zero-order valence-electron chi connectivity index (χ0n) is 13.6. The van der Waals surface area contributed by atoms with Crippen LogP contribution in [0.4, 0.5) is 5.69 Å². The van der Waals surface area contributed by atoms with E-state index in [1.807, 2.05) is 42.5 Å². The van der Waals surface area contributed by atoms with Crippen molar-refractivity contribution in [2.75, 3.05) is 11.9 Å². The molecule has 4 rings (SSSR count). The van der Waals surface area contributed by atoms with E-state index in [4.69, 9.17) is 16.3 Å². The van der Waals surface area contributed by atoms with Gasteiger partial charge in [-0.05, 0) is 24.3 Å². The lowest BCUT2D eigenvalue weighted by Crippen LogP contribution is -2.31. The molecule has 1 amide bonds. The standard InChI is InChI=1S/C19H16ClN3O2/c1-22(16-8-4-3-7-15(16)20)18(24)11-23-19-13(10-21-23)12-25-17-9-5-2-6-14(17)19/h2-10H,11-12H2,1H3. The molecule has 25 heavy (non-hydrogen) atoms. The van der Waals surface area contributed by atoms with Crippen LogP contribution >= 0.6 is 11.6 Å². The van der Waals surface area contributed by atoms with Crippen molar-refractivity contribution in [1.29, 1.82) is 0 Å². The Morgan fingerprint density at radius 3 is 2.84 bits per heavy atom. The Labute approximate surface area is 150 Å². The summed E-state index contributed by atoms with van der Waals surface area (Å²) in [6.07, 6.45) is 1.76. The van der Waals surface area contributed by atoms with E-state index in [-0.39, 0.29) is 12.5 Å². The highest BCUT2D eigenvalue weighted by atomic mass is 35.5. The van der Waals surface area contributed by atoms with Crippen LogP contribution in [0.2, 0.25) is 5.02 Å². The highest BCUT2D eigenvalue weighted by Gasteiger charge is 2.24. The van der Waals surface area contributed by atoms with Gasteiger partial charge in [0.1, 0.15) is 18.9 Å². The van der Waals surface area contributed by atoms with Crippen LogP contribution in [0.15, 0.2) is 54.7 Å². The molecule has 1 aliphatic rings. The van der Waals surface area contributed by atoms with Crippen LogP contribution in [-0.4, -0.2) is 22.7 Å². The molecule has 5 nitrogen and oxygen atoms in total. The second-order valence-electron chi connectivity index (χ2n) is 5.87. The number of rotatable bonds is 3. The fraction of sp³-hybridized carbons (Fsp3) is 0.158. The summed E-state index contributed by atoms with van der Waals surface area (Å²) >= 11 is 6.19. The average molecular weight is 354 g/mol. The van der Waals surface area contributed by atoms with Gasteiger partial charge >= 0.3 is 0 Å². The van der Waals surface area contributed by atoms with Gasteiger partial charge in [0.15, 0.2) is 0 Å². The minimum atomic E-state index is -0.0945. The first-order chi connectivity index (χ1) is 12.1. The number of ether oxygens (including phenoxy) is 1. The SMILES string of the molecule is CN(C(=O)Cn1ncc2c1-c1ccccc1OC2)c1ccccc1Cl. The summed E-state index contributed by atoms with van der Waals surface area (Å²) < 4.78 is 7.46. The van der Waals surface area contributed by atoms with Crippen molar-refractivity contribution in [2.45, 2.75) is 13.2 Å². The molecule has 0 unspecified atom stereocenters. The highest BCUT2D eigenvalue weighted by Crippen LogP contribution is 2.37. The minimum absolute atomic E-state index is 0.0945. The predicted molar refractivity (Wildman–Crippen MR) is 96.9 cm³/mol. The summed E-state index contributed by atoms with van der Waals surface area (Å²) in [4.78, 5) is 14.3. The number of benzene rings is 2. The van der Waals surface area contributed by atoms with E-state index in [1.54, 1.807) is 28.9 Å². The molecule has 2 aromatic carbocycles. The number of hydrogen-bond acceptors (Lipinski definition) is 3. The second-order valence-corrected chi connectivity index (χ2v) is 6.27. The summed E-state index contributed by atoms with van der Waals surface area (Å²) in [7, 11) is 1.72. The fourth-order valence-corrected chi connectivity index (χ4v) is 3.26. The molecule has 6 heteroatoms. The van der Waals surface area contributed by atoms with Gasteiger partial charge in [0, 0.05) is 18.2 Å². The molecular weight excluding hydrogens is 338 g/mol. The maximum absolute atomic E-state index is 12.7. The molecule has 3 aromatic rings. The molecule has 2 heterocycles. The summed E-state index contributed by atoms with van der Waals surface area (Å²) in [5.74, 6) is 0.714. The smallest absolute Gasteiger partial charge is 0.248 e. The summed E-state index contributed by atoms with van der Waals surface area (Å²) in [5, 5.41) is 4.93. The van der Waals surface area contributed by atoms with Gasteiger partial charge in [-0.25, -0.2) is 0 Å². The van der Waals surface area contributed by atoms with E-state index in [2.05, 4.69) is 5.10 Å². The lowest BCUT2D eigenvalue weighted by atomic mass is 10.0. The van der Waals surface area contributed by atoms with Crippen LogP contribution in [0.3, 0.4) is 0 Å². The Morgan fingerprint density at radius 2 is 2.00 bits per heavy atom. The van der Waals surface area contributed by atoms with E-state index < -0.39 is 0 Å². The van der Waals surface area contributed by atoms with Crippen molar-refractivity contribution >= 4 is 23.2 Å². The number of aromatic nitrogens is 2. The maximum Gasteiger partial charge on any atom is 0.248 e. The van der Waals surface area contributed by atoms with Crippen LogP contribution in [0, 0.1) is 0 Å². The monoisotopic (exact) mass is 353 g/mol. The van der Waals surface area contributed by atoms with Gasteiger partial charge in [-0.1, -0.05) is 35.9 Å². The van der Waals surface area contributed by atoms with Crippen molar-refractivity contribution < 1.29 is 9.53 Å². The van der Waals surface area contributed by atoms with Crippen LogP contribution < -0.4 is 9.64 Å². The third-order valence-electron chi connectivity index (χ3n) is 4.31. The van der Waals surface area contributed by atoms with E-state index in [0.717, 1.165) is 22.6 Å². The first-order valence-electron chi connectivity index (χ1n) is 7.93. The number of carbonyl (C=O) groups is 1. The largest absolute Gasteiger partial charge is 0.488 e. The van der Waals surface area contributed by atoms with E-state index in [0.29, 0.717) is 17.3 Å². The maximum atomic E-state index is 12.7. The summed E-state index contributed by atoms with van der Waals surface area (Å²) in [6, 6.07) is 15.1. The second kappa shape index (κ2) is 6.26. The molecule has 0 N–H and O–H groups in total. The Hall–Kier alpha value is -2.79. The average Bonchev–Trinajstić information content (AvgIpc) is 3.05. The molecule has 0 atom stereocenters. The lowest BCUT2D eigenvalue weighted by molar-refractivity contribution is -0.119. The quantitative estimate of drug-likeness (QED) is 0.720. The topological polar surface area (TPSA) is 47.4 Å². The molecule has 0 saturated carbocycles. The van der Waals surface area contributed by atoms with Crippen LogP contribution in [-0.2, 0) is 17.9 Å². The summed E-state index contributed by atoms with van der Waals surface area (Å²) in [5.41, 5.74) is 3.54. The zero-order chi connectivity index (χ0) is 17.4. The normalized spacial score (nSPS) is 12.1. The molecular formula is C19H16ClN3O2. The Bertz CT molecular complexity index is 951.